The largest absolute Gasteiger partial charge is 0.453 e. The minimum atomic E-state index is -0.629. The molecule has 0 saturated carbocycles. The highest BCUT2D eigenvalue weighted by Crippen LogP contribution is 2.32. The second-order valence-corrected chi connectivity index (χ2v) is 5.57. The molecule has 1 aliphatic rings. The van der Waals surface area contributed by atoms with E-state index in [1.807, 2.05) is 24.3 Å². The van der Waals surface area contributed by atoms with Crippen molar-refractivity contribution >= 4 is 17.7 Å². The van der Waals surface area contributed by atoms with Crippen LogP contribution in [0.1, 0.15) is 22.7 Å². The van der Waals surface area contributed by atoms with Gasteiger partial charge < -0.3 is 15.8 Å². The molecule has 2 aromatic rings. The first-order valence-electron chi connectivity index (χ1n) is 7.74. The van der Waals surface area contributed by atoms with Crippen LogP contribution in [0.25, 0.3) is 0 Å². The summed E-state index contributed by atoms with van der Waals surface area (Å²) in [6.45, 7) is 0.404. The van der Waals surface area contributed by atoms with Crippen LogP contribution in [0.15, 0.2) is 53.5 Å². The fourth-order valence-electron chi connectivity index (χ4n) is 2.85. The maximum absolute atomic E-state index is 11.2. The highest BCUT2D eigenvalue weighted by Gasteiger charge is 2.20. The lowest BCUT2D eigenvalue weighted by molar-refractivity contribution is 0.176. The van der Waals surface area contributed by atoms with Crippen molar-refractivity contribution in [1.29, 1.82) is 0 Å². The zero-order valence-corrected chi connectivity index (χ0v) is 13.5. The average molecular weight is 324 g/mol. The number of methoxy groups -OCH3 is 1. The number of amides is 1. The van der Waals surface area contributed by atoms with Crippen molar-refractivity contribution in [3.63, 3.8) is 0 Å². The predicted molar refractivity (Wildman–Crippen MR) is 94.1 cm³/mol. The number of anilines is 1. The molecular formula is C18H20N4O2. The fourth-order valence-corrected chi connectivity index (χ4v) is 2.85. The van der Waals surface area contributed by atoms with Gasteiger partial charge in [0.15, 0.2) is 5.96 Å². The van der Waals surface area contributed by atoms with Crippen LogP contribution in [-0.2, 0) is 11.2 Å². The molecule has 1 aliphatic heterocycles. The van der Waals surface area contributed by atoms with Gasteiger partial charge in [-0.2, -0.15) is 0 Å². The number of carbonyl (C=O) groups is 1. The van der Waals surface area contributed by atoms with E-state index in [9.17, 15) is 4.79 Å². The maximum Gasteiger partial charge on any atom is 0.413 e. The summed E-state index contributed by atoms with van der Waals surface area (Å²) in [6.07, 6.45) is 0.242. The molecular weight excluding hydrogens is 304 g/mol. The summed E-state index contributed by atoms with van der Waals surface area (Å²) in [6, 6.07) is 16.5. The molecule has 4 N–H and O–H groups in total. The lowest BCUT2D eigenvalue weighted by Crippen LogP contribution is -2.37. The van der Waals surface area contributed by atoms with Crippen molar-refractivity contribution in [3.05, 3.63) is 65.2 Å². The van der Waals surface area contributed by atoms with Gasteiger partial charge in [-0.05, 0) is 29.2 Å². The molecule has 0 aliphatic carbocycles. The summed E-state index contributed by atoms with van der Waals surface area (Å²) >= 11 is 0. The molecule has 1 heterocycles. The number of nitrogens with zero attached hydrogens (tertiary/aromatic N) is 1. The molecule has 1 unspecified atom stereocenters. The van der Waals surface area contributed by atoms with E-state index in [-0.39, 0.29) is 12.0 Å². The first kappa shape index (κ1) is 15.9. The minimum absolute atomic E-state index is 0.0251. The van der Waals surface area contributed by atoms with Crippen molar-refractivity contribution < 1.29 is 9.53 Å². The number of hydrogen-bond donors (Lipinski definition) is 3. The number of para-hydroxylation sites is 1. The SMILES string of the molecule is COC(=O)NC(N)=NCC1Nc2ccccc2Cc2ccccc21. The first-order chi connectivity index (χ1) is 11.7. The van der Waals surface area contributed by atoms with Gasteiger partial charge >= 0.3 is 6.09 Å². The Kier molecular flexibility index (Phi) is 4.65. The Hall–Kier alpha value is -3.02. The van der Waals surface area contributed by atoms with E-state index in [4.69, 9.17) is 5.73 Å². The van der Waals surface area contributed by atoms with E-state index in [0.717, 1.165) is 12.1 Å². The zero-order chi connectivity index (χ0) is 16.9. The Morgan fingerprint density at radius 3 is 2.75 bits per heavy atom. The molecule has 0 spiro atoms. The standard InChI is InChI=1S/C18H20N4O2/c1-24-18(23)22-17(19)20-11-16-14-8-4-2-6-12(14)10-13-7-3-5-9-15(13)21-16/h2-9,16,21H,10-11H2,1H3,(H3,19,20,22,23). The van der Waals surface area contributed by atoms with Crippen molar-refractivity contribution in [2.45, 2.75) is 12.5 Å². The van der Waals surface area contributed by atoms with Gasteiger partial charge in [-0.3, -0.25) is 10.3 Å². The summed E-state index contributed by atoms with van der Waals surface area (Å²) in [5.41, 5.74) is 10.5. The number of hydrogen-bond acceptors (Lipinski definition) is 4. The molecule has 6 heteroatoms. The average Bonchev–Trinajstić information content (AvgIpc) is 2.76. The van der Waals surface area contributed by atoms with Crippen molar-refractivity contribution in [3.8, 4) is 0 Å². The number of benzene rings is 2. The van der Waals surface area contributed by atoms with E-state index < -0.39 is 6.09 Å². The Labute approximate surface area is 140 Å². The number of nitrogens with one attached hydrogen (secondary N) is 2. The molecule has 2 aromatic carbocycles. The number of ether oxygens (including phenoxy) is 1. The first-order valence-corrected chi connectivity index (χ1v) is 7.74. The van der Waals surface area contributed by atoms with Crippen molar-refractivity contribution in [1.82, 2.24) is 5.32 Å². The fraction of sp³-hybridized carbons (Fsp3) is 0.222. The molecule has 124 valence electrons. The van der Waals surface area contributed by atoms with Gasteiger partial charge in [-0.15, -0.1) is 0 Å². The van der Waals surface area contributed by atoms with Crippen LogP contribution in [0.3, 0.4) is 0 Å². The number of alkyl carbamates (subject to hydrolysis) is 1. The minimum Gasteiger partial charge on any atom is -0.453 e. The molecule has 1 amide bonds. The number of guanidine groups is 1. The Morgan fingerprint density at radius 1 is 1.25 bits per heavy atom. The summed E-state index contributed by atoms with van der Waals surface area (Å²) in [5, 5.41) is 5.90. The van der Waals surface area contributed by atoms with Crippen LogP contribution in [0, 0.1) is 0 Å². The maximum atomic E-state index is 11.2. The number of rotatable bonds is 2. The highest BCUT2D eigenvalue weighted by molar-refractivity contribution is 5.92. The Balaban J connectivity index is 1.86. The normalized spacial score (nSPS) is 16.2. The molecule has 0 aromatic heterocycles. The predicted octanol–water partition coefficient (Wildman–Crippen LogP) is 2.41. The third-order valence-corrected chi connectivity index (χ3v) is 4.02. The van der Waals surface area contributed by atoms with Crippen LogP contribution < -0.4 is 16.4 Å². The molecule has 0 saturated heterocycles. The van der Waals surface area contributed by atoms with E-state index in [2.05, 4.69) is 44.6 Å². The van der Waals surface area contributed by atoms with E-state index in [1.54, 1.807) is 0 Å². The van der Waals surface area contributed by atoms with Crippen LogP contribution in [0.2, 0.25) is 0 Å². The second-order valence-electron chi connectivity index (χ2n) is 5.57. The van der Waals surface area contributed by atoms with Crippen LogP contribution >= 0.6 is 0 Å². The molecule has 0 radical (unpaired) electrons. The Bertz CT molecular complexity index is 773. The molecule has 3 rings (SSSR count). The highest BCUT2D eigenvalue weighted by atomic mass is 16.5. The third kappa shape index (κ3) is 3.48. The Morgan fingerprint density at radius 2 is 1.96 bits per heavy atom. The van der Waals surface area contributed by atoms with Crippen molar-refractivity contribution in [2.24, 2.45) is 10.7 Å². The van der Waals surface area contributed by atoms with Crippen LogP contribution in [0.5, 0.6) is 0 Å². The summed E-state index contributed by atoms with van der Waals surface area (Å²) < 4.78 is 4.51. The number of aliphatic imine (C=N–C) groups is 1. The van der Waals surface area contributed by atoms with Gasteiger partial charge in [0.1, 0.15) is 0 Å². The number of nitrogens with two attached hydrogens (primary N) is 1. The van der Waals surface area contributed by atoms with E-state index in [0.29, 0.717) is 6.54 Å². The molecule has 24 heavy (non-hydrogen) atoms. The monoisotopic (exact) mass is 324 g/mol. The van der Waals surface area contributed by atoms with Gasteiger partial charge in [-0.25, -0.2) is 4.79 Å². The summed E-state index contributed by atoms with van der Waals surface area (Å²) in [4.78, 5) is 15.4. The van der Waals surface area contributed by atoms with Gasteiger partial charge in [0, 0.05) is 5.69 Å². The molecule has 0 bridgehead atoms. The molecule has 6 nitrogen and oxygen atoms in total. The van der Waals surface area contributed by atoms with Gasteiger partial charge in [0.2, 0.25) is 0 Å². The van der Waals surface area contributed by atoms with Crippen molar-refractivity contribution in [2.75, 3.05) is 19.0 Å². The lowest BCUT2D eigenvalue weighted by atomic mass is 9.97. The topological polar surface area (TPSA) is 88.7 Å². The lowest BCUT2D eigenvalue weighted by Gasteiger charge is -2.19. The quantitative estimate of drug-likeness (QED) is 0.585. The van der Waals surface area contributed by atoms with Gasteiger partial charge in [0.05, 0.1) is 19.7 Å². The molecule has 1 atom stereocenters. The van der Waals surface area contributed by atoms with Crippen LogP contribution in [0.4, 0.5) is 10.5 Å². The number of carbonyl (C=O) groups excluding carboxylic acids is 1. The van der Waals surface area contributed by atoms with Gasteiger partial charge in [-0.1, -0.05) is 42.5 Å². The third-order valence-electron chi connectivity index (χ3n) is 4.02. The molecule has 0 fully saturated rings. The summed E-state index contributed by atoms with van der Waals surface area (Å²) in [7, 11) is 1.28. The zero-order valence-electron chi connectivity index (χ0n) is 13.5. The summed E-state index contributed by atoms with van der Waals surface area (Å²) in [5.74, 6) is 0.0404. The smallest absolute Gasteiger partial charge is 0.413 e. The van der Waals surface area contributed by atoms with E-state index >= 15 is 0 Å². The van der Waals surface area contributed by atoms with E-state index in [1.165, 1.54) is 23.8 Å². The number of fused-ring (bicyclic) bond motifs is 2. The van der Waals surface area contributed by atoms with Gasteiger partial charge in [0.25, 0.3) is 0 Å². The second kappa shape index (κ2) is 7.04. The van der Waals surface area contributed by atoms with Crippen LogP contribution in [-0.4, -0.2) is 25.7 Å².